The quantitative estimate of drug-likeness (QED) is 0.624. The second-order valence-corrected chi connectivity index (χ2v) is 8.62. The maximum atomic E-state index is 12.6. The van der Waals surface area contributed by atoms with Crippen molar-refractivity contribution in [3.05, 3.63) is 35.5 Å². The van der Waals surface area contributed by atoms with Gasteiger partial charge in [-0.25, -0.2) is 9.97 Å². The van der Waals surface area contributed by atoms with Crippen LogP contribution in [-0.4, -0.2) is 69.4 Å². The van der Waals surface area contributed by atoms with Crippen LogP contribution in [0.1, 0.15) is 20.8 Å². The van der Waals surface area contributed by atoms with Crippen LogP contribution in [0.3, 0.4) is 0 Å². The van der Waals surface area contributed by atoms with E-state index in [0.29, 0.717) is 43.5 Å². The SMILES string of the molecule is CC(=O)N(CC(C)(C)O)c1nc(N2CCOCC2)nc2nc(Cl)c(-c3ccccc3)nc12. The van der Waals surface area contributed by atoms with Gasteiger partial charge in [-0.2, -0.15) is 9.97 Å². The van der Waals surface area contributed by atoms with Gasteiger partial charge in [0.1, 0.15) is 5.69 Å². The largest absolute Gasteiger partial charge is 0.389 e. The topological polar surface area (TPSA) is 105 Å². The average molecular weight is 457 g/mol. The Morgan fingerprint density at radius 3 is 2.47 bits per heavy atom. The number of benzene rings is 1. The second kappa shape index (κ2) is 8.93. The summed E-state index contributed by atoms with van der Waals surface area (Å²) in [6.45, 7) is 7.05. The normalized spacial score (nSPS) is 14.6. The standard InChI is InChI=1S/C22H25ClN6O3/c1-14(30)29(13-22(2,3)31)20-17-19(26-21(27-20)28-9-11-32-12-10-28)25-18(23)16(24-17)15-7-5-4-6-8-15/h4-8,31H,9-13H2,1-3H3. The third-order valence-corrected chi connectivity index (χ3v) is 5.24. The summed E-state index contributed by atoms with van der Waals surface area (Å²) in [4.78, 5) is 34.5. The van der Waals surface area contributed by atoms with Crippen molar-refractivity contribution in [3.8, 4) is 11.3 Å². The monoisotopic (exact) mass is 456 g/mol. The molecular formula is C22H25ClN6O3. The number of hydrogen-bond donors (Lipinski definition) is 1. The van der Waals surface area contributed by atoms with Crippen molar-refractivity contribution in [1.29, 1.82) is 0 Å². The van der Waals surface area contributed by atoms with E-state index >= 15 is 0 Å². The highest BCUT2D eigenvalue weighted by molar-refractivity contribution is 6.32. The highest BCUT2D eigenvalue weighted by atomic mass is 35.5. The lowest BCUT2D eigenvalue weighted by Crippen LogP contribution is -2.42. The van der Waals surface area contributed by atoms with Crippen LogP contribution in [0.4, 0.5) is 11.8 Å². The first kappa shape index (κ1) is 22.3. The summed E-state index contributed by atoms with van der Waals surface area (Å²) >= 11 is 6.49. The van der Waals surface area contributed by atoms with E-state index in [2.05, 4.69) is 9.97 Å². The molecule has 0 saturated carbocycles. The van der Waals surface area contributed by atoms with Gasteiger partial charge in [-0.3, -0.25) is 9.69 Å². The summed E-state index contributed by atoms with van der Waals surface area (Å²) in [5, 5.41) is 10.7. The van der Waals surface area contributed by atoms with Crippen LogP contribution >= 0.6 is 11.6 Å². The summed E-state index contributed by atoms with van der Waals surface area (Å²) in [6.07, 6.45) is 0. The van der Waals surface area contributed by atoms with Crippen LogP contribution < -0.4 is 9.80 Å². The minimum absolute atomic E-state index is 0.0297. The zero-order valence-electron chi connectivity index (χ0n) is 18.2. The molecule has 1 aliphatic heterocycles. The number of anilines is 2. The molecule has 1 aliphatic rings. The number of carbonyl (C=O) groups is 1. The first-order valence-electron chi connectivity index (χ1n) is 10.4. The van der Waals surface area contributed by atoms with Gasteiger partial charge in [0.05, 0.1) is 25.4 Å². The van der Waals surface area contributed by atoms with Gasteiger partial charge in [0.15, 0.2) is 22.1 Å². The van der Waals surface area contributed by atoms with Gasteiger partial charge >= 0.3 is 0 Å². The number of fused-ring (bicyclic) bond motifs is 1. The number of nitrogens with zero attached hydrogens (tertiary/aromatic N) is 6. The molecular weight excluding hydrogens is 432 g/mol. The first-order chi connectivity index (χ1) is 15.2. The molecule has 3 aromatic rings. The van der Waals surface area contributed by atoms with Crippen molar-refractivity contribution in [2.45, 2.75) is 26.4 Å². The summed E-state index contributed by atoms with van der Waals surface area (Å²) in [6, 6.07) is 9.42. The second-order valence-electron chi connectivity index (χ2n) is 8.27. The molecule has 0 bridgehead atoms. The molecule has 0 aliphatic carbocycles. The number of halogens is 1. The third kappa shape index (κ3) is 4.79. The van der Waals surface area contributed by atoms with Gasteiger partial charge in [0, 0.05) is 25.6 Å². The fraction of sp³-hybridized carbons (Fsp3) is 0.409. The zero-order chi connectivity index (χ0) is 22.9. The summed E-state index contributed by atoms with van der Waals surface area (Å²) in [7, 11) is 0. The van der Waals surface area contributed by atoms with Crippen molar-refractivity contribution >= 4 is 40.4 Å². The van der Waals surface area contributed by atoms with Crippen molar-refractivity contribution in [2.24, 2.45) is 0 Å². The van der Waals surface area contributed by atoms with E-state index < -0.39 is 5.60 Å². The van der Waals surface area contributed by atoms with Crippen LogP contribution in [0.5, 0.6) is 0 Å². The number of aromatic nitrogens is 4. The Kier molecular flexibility index (Phi) is 6.23. The first-order valence-corrected chi connectivity index (χ1v) is 10.7. The highest BCUT2D eigenvalue weighted by Gasteiger charge is 2.28. The van der Waals surface area contributed by atoms with Crippen LogP contribution in [0.15, 0.2) is 30.3 Å². The van der Waals surface area contributed by atoms with E-state index in [1.54, 1.807) is 13.8 Å². The van der Waals surface area contributed by atoms with Gasteiger partial charge in [-0.15, -0.1) is 0 Å². The van der Waals surface area contributed by atoms with E-state index in [4.69, 9.17) is 26.3 Å². The molecule has 2 aromatic heterocycles. The Hall–Kier alpha value is -2.88. The lowest BCUT2D eigenvalue weighted by atomic mass is 10.1. The number of aliphatic hydroxyl groups is 1. The molecule has 1 aromatic carbocycles. The Balaban J connectivity index is 1.94. The minimum Gasteiger partial charge on any atom is -0.389 e. The van der Waals surface area contributed by atoms with Crippen molar-refractivity contribution < 1.29 is 14.6 Å². The number of hydrogen-bond acceptors (Lipinski definition) is 8. The molecule has 1 fully saturated rings. The number of carbonyl (C=O) groups excluding carboxylic acids is 1. The average Bonchev–Trinajstić information content (AvgIpc) is 2.77. The molecule has 4 rings (SSSR count). The maximum Gasteiger partial charge on any atom is 0.229 e. The van der Waals surface area contributed by atoms with E-state index in [1.165, 1.54) is 11.8 Å². The van der Waals surface area contributed by atoms with Crippen molar-refractivity contribution in [2.75, 3.05) is 42.6 Å². The molecule has 168 valence electrons. The summed E-state index contributed by atoms with van der Waals surface area (Å²) < 4.78 is 5.43. The maximum absolute atomic E-state index is 12.6. The zero-order valence-corrected chi connectivity index (χ0v) is 19.0. The molecule has 0 radical (unpaired) electrons. The molecule has 0 unspecified atom stereocenters. The Bertz CT molecular complexity index is 1130. The van der Waals surface area contributed by atoms with E-state index in [9.17, 15) is 9.90 Å². The van der Waals surface area contributed by atoms with Gasteiger partial charge in [0.2, 0.25) is 11.9 Å². The lowest BCUT2D eigenvalue weighted by molar-refractivity contribution is -0.117. The van der Waals surface area contributed by atoms with Crippen LogP contribution in [0, 0.1) is 0 Å². The number of ether oxygens (including phenoxy) is 1. The molecule has 1 saturated heterocycles. The fourth-order valence-electron chi connectivity index (χ4n) is 3.50. The lowest BCUT2D eigenvalue weighted by Gasteiger charge is -2.30. The molecule has 3 heterocycles. The molecule has 32 heavy (non-hydrogen) atoms. The van der Waals surface area contributed by atoms with Crippen molar-refractivity contribution in [3.63, 3.8) is 0 Å². The van der Waals surface area contributed by atoms with E-state index in [1.807, 2.05) is 35.2 Å². The number of rotatable bonds is 5. The van der Waals surface area contributed by atoms with Gasteiger partial charge in [0.25, 0.3) is 0 Å². The minimum atomic E-state index is -1.15. The predicted molar refractivity (Wildman–Crippen MR) is 123 cm³/mol. The van der Waals surface area contributed by atoms with Crippen LogP contribution in [0.2, 0.25) is 5.15 Å². The molecule has 0 atom stereocenters. The predicted octanol–water partition coefficient (Wildman–Crippen LogP) is 2.70. The number of amides is 1. The highest BCUT2D eigenvalue weighted by Crippen LogP contribution is 2.31. The van der Waals surface area contributed by atoms with E-state index in [0.717, 1.165) is 5.56 Å². The third-order valence-electron chi connectivity index (χ3n) is 4.98. The summed E-state index contributed by atoms with van der Waals surface area (Å²) in [5.74, 6) is 0.418. The van der Waals surface area contributed by atoms with Crippen LogP contribution in [-0.2, 0) is 9.53 Å². The van der Waals surface area contributed by atoms with E-state index in [-0.39, 0.29) is 29.1 Å². The number of morpholine rings is 1. The molecule has 9 nitrogen and oxygen atoms in total. The Labute approximate surface area is 191 Å². The fourth-order valence-corrected chi connectivity index (χ4v) is 3.73. The van der Waals surface area contributed by atoms with Crippen molar-refractivity contribution in [1.82, 2.24) is 19.9 Å². The molecule has 10 heteroatoms. The molecule has 1 N–H and O–H groups in total. The smallest absolute Gasteiger partial charge is 0.229 e. The molecule has 1 amide bonds. The summed E-state index contributed by atoms with van der Waals surface area (Å²) in [5.41, 5.74) is 0.722. The van der Waals surface area contributed by atoms with Gasteiger partial charge in [-0.1, -0.05) is 41.9 Å². The van der Waals surface area contributed by atoms with Gasteiger partial charge in [-0.05, 0) is 13.8 Å². The Morgan fingerprint density at radius 2 is 1.84 bits per heavy atom. The molecule has 0 spiro atoms. The van der Waals surface area contributed by atoms with Crippen LogP contribution in [0.25, 0.3) is 22.4 Å². The Morgan fingerprint density at radius 1 is 1.16 bits per heavy atom. The van der Waals surface area contributed by atoms with Gasteiger partial charge < -0.3 is 14.7 Å².